The molecule has 3 heterocycles. The number of hydrogen-bond donors (Lipinski definition) is 0. The summed E-state index contributed by atoms with van der Waals surface area (Å²) in [6.45, 7) is 6.49. The first-order valence-corrected chi connectivity index (χ1v) is 8.20. The number of carbonyl (C=O) groups excluding carboxylic acids is 1. The summed E-state index contributed by atoms with van der Waals surface area (Å²) in [7, 11) is 0. The van der Waals surface area contributed by atoms with E-state index in [1.54, 1.807) is 13.1 Å². The van der Waals surface area contributed by atoms with E-state index in [4.69, 9.17) is 4.74 Å². The molecule has 0 radical (unpaired) electrons. The van der Waals surface area contributed by atoms with Crippen LogP contribution >= 0.6 is 0 Å². The number of amides is 1. The van der Waals surface area contributed by atoms with E-state index in [2.05, 4.69) is 27.8 Å². The van der Waals surface area contributed by atoms with Crippen molar-refractivity contribution in [2.24, 2.45) is 5.92 Å². The van der Waals surface area contributed by atoms with E-state index in [1.807, 2.05) is 17.2 Å². The van der Waals surface area contributed by atoms with Gasteiger partial charge in [-0.05, 0) is 30.9 Å². The molecular weight excluding hydrogens is 290 g/mol. The summed E-state index contributed by atoms with van der Waals surface area (Å²) >= 11 is 0. The first-order chi connectivity index (χ1) is 11.3. The molecule has 2 saturated heterocycles. The molecule has 0 unspecified atom stereocenters. The molecule has 0 saturated carbocycles. The average Bonchev–Trinajstić information content (AvgIpc) is 2.78. The Morgan fingerprint density at radius 3 is 3.17 bits per heavy atom. The molecule has 0 aromatic carbocycles. The third-order valence-electron chi connectivity index (χ3n) is 4.67. The van der Waals surface area contributed by atoms with Crippen molar-refractivity contribution >= 4 is 5.91 Å². The highest BCUT2D eigenvalue weighted by Gasteiger charge is 2.36. The molecule has 1 aromatic heterocycles. The van der Waals surface area contributed by atoms with Gasteiger partial charge in [0.15, 0.2) is 0 Å². The van der Waals surface area contributed by atoms with Gasteiger partial charge in [0.2, 0.25) is 0 Å². The van der Waals surface area contributed by atoms with E-state index >= 15 is 0 Å². The average molecular weight is 313 g/mol. The van der Waals surface area contributed by atoms with Crippen molar-refractivity contribution in [1.82, 2.24) is 14.8 Å². The number of carbonyl (C=O) groups is 1. The maximum atomic E-state index is 12.1. The predicted molar refractivity (Wildman–Crippen MR) is 87.4 cm³/mol. The number of nitrogens with zero attached hydrogens (tertiary/aromatic N) is 3. The molecule has 0 spiro atoms. The molecule has 5 heteroatoms. The largest absolute Gasteiger partial charge is 0.380 e. The van der Waals surface area contributed by atoms with E-state index in [0.29, 0.717) is 12.0 Å². The van der Waals surface area contributed by atoms with Crippen LogP contribution in [0.2, 0.25) is 0 Å². The van der Waals surface area contributed by atoms with Crippen LogP contribution in [0.25, 0.3) is 0 Å². The lowest BCUT2D eigenvalue weighted by Gasteiger charge is -2.41. The number of rotatable bonds is 2. The molecule has 2 aliphatic rings. The highest BCUT2D eigenvalue weighted by Crippen LogP contribution is 2.26. The number of hydrogen-bond acceptors (Lipinski definition) is 4. The number of fused-ring (bicyclic) bond motifs is 1. The lowest BCUT2D eigenvalue weighted by atomic mass is 9.91. The Kier molecular flexibility index (Phi) is 5.27. The van der Waals surface area contributed by atoms with Gasteiger partial charge in [-0.25, -0.2) is 0 Å². The standard InChI is InChI=1S/C18H23N3O2/c1-2-4-18(22)21-8-6-16-14-23-10-9-20(17(16)13-21)12-15-5-3-7-19-11-15/h3,5,7,11,16-17H,6,8-10,12-14H2,1H3/t16-,17-/m1/s1. The fourth-order valence-corrected chi connectivity index (χ4v) is 3.46. The van der Waals surface area contributed by atoms with Gasteiger partial charge < -0.3 is 9.64 Å². The predicted octanol–water partition coefficient (Wildman–Crippen LogP) is 1.15. The molecule has 2 atom stereocenters. The molecule has 1 amide bonds. The van der Waals surface area contributed by atoms with Crippen molar-refractivity contribution in [2.45, 2.75) is 25.9 Å². The van der Waals surface area contributed by atoms with E-state index in [-0.39, 0.29) is 5.91 Å². The van der Waals surface area contributed by atoms with E-state index < -0.39 is 0 Å². The Hall–Kier alpha value is -1.90. The van der Waals surface area contributed by atoms with Gasteiger partial charge in [-0.3, -0.25) is 14.7 Å². The first-order valence-electron chi connectivity index (χ1n) is 8.20. The lowest BCUT2D eigenvalue weighted by Crippen LogP contribution is -2.54. The van der Waals surface area contributed by atoms with Crippen molar-refractivity contribution < 1.29 is 9.53 Å². The minimum Gasteiger partial charge on any atom is -0.380 e. The number of aromatic nitrogens is 1. The molecule has 2 fully saturated rings. The molecule has 5 nitrogen and oxygen atoms in total. The third kappa shape index (κ3) is 3.90. The summed E-state index contributed by atoms with van der Waals surface area (Å²) in [4.78, 5) is 20.6. The lowest BCUT2D eigenvalue weighted by molar-refractivity contribution is -0.128. The second-order valence-electron chi connectivity index (χ2n) is 6.15. The van der Waals surface area contributed by atoms with Crippen LogP contribution in [0.4, 0.5) is 0 Å². The van der Waals surface area contributed by atoms with Crippen LogP contribution < -0.4 is 0 Å². The van der Waals surface area contributed by atoms with Crippen LogP contribution in [-0.4, -0.2) is 59.6 Å². The highest BCUT2D eigenvalue weighted by atomic mass is 16.5. The normalized spacial score (nSPS) is 25.0. The summed E-state index contributed by atoms with van der Waals surface area (Å²) < 4.78 is 5.79. The van der Waals surface area contributed by atoms with Gasteiger partial charge >= 0.3 is 0 Å². The van der Waals surface area contributed by atoms with Crippen molar-refractivity contribution in [3.05, 3.63) is 30.1 Å². The number of piperidine rings is 1. The van der Waals surface area contributed by atoms with Crippen LogP contribution in [0.15, 0.2) is 24.5 Å². The van der Waals surface area contributed by atoms with Crippen molar-refractivity contribution in [3.8, 4) is 11.8 Å². The highest BCUT2D eigenvalue weighted by molar-refractivity contribution is 5.93. The van der Waals surface area contributed by atoms with Crippen LogP contribution in [-0.2, 0) is 16.1 Å². The van der Waals surface area contributed by atoms with Crippen LogP contribution in [0.1, 0.15) is 18.9 Å². The fourth-order valence-electron chi connectivity index (χ4n) is 3.46. The first kappa shape index (κ1) is 16.0. The fraction of sp³-hybridized carbons (Fsp3) is 0.556. The zero-order valence-electron chi connectivity index (χ0n) is 13.6. The van der Waals surface area contributed by atoms with E-state index in [9.17, 15) is 4.79 Å². The summed E-state index contributed by atoms with van der Waals surface area (Å²) in [6, 6.07) is 4.39. The van der Waals surface area contributed by atoms with Crippen molar-refractivity contribution in [3.63, 3.8) is 0 Å². The monoisotopic (exact) mass is 313 g/mol. The minimum atomic E-state index is -0.0579. The maximum Gasteiger partial charge on any atom is 0.298 e. The van der Waals surface area contributed by atoms with Gasteiger partial charge in [0.05, 0.1) is 13.2 Å². The van der Waals surface area contributed by atoms with Gasteiger partial charge in [0, 0.05) is 50.5 Å². The third-order valence-corrected chi connectivity index (χ3v) is 4.67. The van der Waals surface area contributed by atoms with Crippen LogP contribution in [0.3, 0.4) is 0 Å². The van der Waals surface area contributed by atoms with Crippen LogP contribution in [0.5, 0.6) is 0 Å². The molecular formula is C18H23N3O2. The van der Waals surface area contributed by atoms with E-state index in [1.165, 1.54) is 5.56 Å². The van der Waals surface area contributed by atoms with Crippen molar-refractivity contribution in [2.75, 3.05) is 32.8 Å². The second kappa shape index (κ2) is 7.58. The molecule has 122 valence electrons. The Morgan fingerprint density at radius 2 is 2.39 bits per heavy atom. The molecule has 1 aromatic rings. The molecule has 2 aliphatic heterocycles. The van der Waals surface area contributed by atoms with Gasteiger partial charge in [0.25, 0.3) is 5.91 Å². The summed E-state index contributed by atoms with van der Waals surface area (Å²) in [5.41, 5.74) is 1.20. The Balaban J connectivity index is 1.74. The zero-order chi connectivity index (χ0) is 16.1. The number of likely N-dealkylation sites (tertiary alicyclic amines) is 1. The SMILES string of the molecule is CC#CC(=O)N1CC[C@@H]2COCCN(Cc3cccnc3)[C@@H]2C1. The Labute approximate surface area is 137 Å². The van der Waals surface area contributed by atoms with Gasteiger partial charge in [0.1, 0.15) is 0 Å². The van der Waals surface area contributed by atoms with Gasteiger partial charge in [-0.2, -0.15) is 0 Å². The van der Waals surface area contributed by atoms with Gasteiger partial charge in [-0.15, -0.1) is 0 Å². The van der Waals surface area contributed by atoms with Crippen LogP contribution in [0, 0.1) is 17.8 Å². The summed E-state index contributed by atoms with van der Waals surface area (Å²) in [6.07, 6.45) is 4.68. The summed E-state index contributed by atoms with van der Waals surface area (Å²) in [5.74, 6) is 5.80. The smallest absolute Gasteiger partial charge is 0.298 e. The van der Waals surface area contributed by atoms with E-state index in [0.717, 1.165) is 45.8 Å². The number of ether oxygens (including phenoxy) is 1. The van der Waals surface area contributed by atoms with Crippen molar-refractivity contribution in [1.29, 1.82) is 0 Å². The number of pyridine rings is 1. The summed E-state index contributed by atoms with van der Waals surface area (Å²) in [5, 5.41) is 0. The Bertz CT molecular complexity index is 593. The minimum absolute atomic E-state index is 0.0579. The Morgan fingerprint density at radius 1 is 1.48 bits per heavy atom. The molecule has 0 aliphatic carbocycles. The molecule has 0 bridgehead atoms. The second-order valence-corrected chi connectivity index (χ2v) is 6.15. The topological polar surface area (TPSA) is 45.7 Å². The quantitative estimate of drug-likeness (QED) is 0.769. The molecule has 23 heavy (non-hydrogen) atoms. The van der Waals surface area contributed by atoms with Gasteiger partial charge in [-0.1, -0.05) is 12.0 Å². The molecule has 0 N–H and O–H groups in total. The maximum absolute atomic E-state index is 12.1. The molecule has 3 rings (SSSR count). The zero-order valence-corrected chi connectivity index (χ0v) is 13.6.